The number of rotatable bonds is 2. The summed E-state index contributed by atoms with van der Waals surface area (Å²) >= 11 is 0. The Morgan fingerprint density at radius 1 is 1.67 bits per heavy atom. The minimum Gasteiger partial charge on any atom is -0.319 e. The Bertz CT molecular complexity index is 118. The van der Waals surface area contributed by atoms with Crippen molar-refractivity contribution in [3.8, 4) is 0 Å². The molecule has 0 N–H and O–H groups in total. The Balaban J connectivity index is 3.36. The summed E-state index contributed by atoms with van der Waals surface area (Å²) in [6.45, 7) is 5.22. The van der Waals surface area contributed by atoms with Gasteiger partial charge in [-0.1, -0.05) is 19.0 Å². The SMILES string of the molecule is CC(=O)O/N=C/C(C)C. The third-order valence-corrected chi connectivity index (χ3v) is 0.540. The Hall–Kier alpha value is -0.860. The highest BCUT2D eigenvalue weighted by Gasteiger charge is 1.87. The van der Waals surface area contributed by atoms with Gasteiger partial charge in [0.25, 0.3) is 0 Å². The number of oxime groups is 1. The largest absolute Gasteiger partial charge is 0.331 e. The molecule has 0 amide bonds. The van der Waals surface area contributed by atoms with E-state index in [1.807, 2.05) is 13.8 Å². The van der Waals surface area contributed by atoms with Gasteiger partial charge in [-0.2, -0.15) is 0 Å². The van der Waals surface area contributed by atoms with Gasteiger partial charge in [-0.05, 0) is 5.92 Å². The van der Waals surface area contributed by atoms with Crippen LogP contribution in [0.1, 0.15) is 20.8 Å². The zero-order valence-electron chi connectivity index (χ0n) is 5.92. The molecule has 0 bridgehead atoms. The lowest BCUT2D eigenvalue weighted by molar-refractivity contribution is -0.140. The third-order valence-electron chi connectivity index (χ3n) is 0.540. The molecule has 9 heavy (non-hydrogen) atoms. The summed E-state index contributed by atoms with van der Waals surface area (Å²) in [4.78, 5) is 14.4. The number of nitrogens with zero attached hydrogens (tertiary/aromatic N) is 1. The maximum absolute atomic E-state index is 10.1. The van der Waals surface area contributed by atoms with Gasteiger partial charge in [0, 0.05) is 13.1 Å². The molecule has 0 fully saturated rings. The summed E-state index contributed by atoms with van der Waals surface area (Å²) in [5.41, 5.74) is 0. The van der Waals surface area contributed by atoms with Gasteiger partial charge in [0.1, 0.15) is 0 Å². The predicted molar refractivity (Wildman–Crippen MR) is 35.1 cm³/mol. The molecule has 0 saturated heterocycles. The van der Waals surface area contributed by atoms with Gasteiger partial charge in [0.15, 0.2) is 0 Å². The van der Waals surface area contributed by atoms with Crippen molar-refractivity contribution >= 4 is 12.2 Å². The van der Waals surface area contributed by atoms with Crippen LogP contribution in [0.3, 0.4) is 0 Å². The molecule has 0 aromatic rings. The van der Waals surface area contributed by atoms with Crippen molar-refractivity contribution in [3.63, 3.8) is 0 Å². The summed E-state index contributed by atoms with van der Waals surface area (Å²) in [5, 5.41) is 3.40. The molecular weight excluding hydrogens is 118 g/mol. The van der Waals surface area contributed by atoms with E-state index < -0.39 is 0 Å². The van der Waals surface area contributed by atoms with Crippen LogP contribution in [0, 0.1) is 5.92 Å². The molecule has 0 aromatic heterocycles. The molecule has 0 atom stereocenters. The Morgan fingerprint density at radius 2 is 2.22 bits per heavy atom. The van der Waals surface area contributed by atoms with E-state index in [1.165, 1.54) is 6.92 Å². The molecule has 0 aliphatic heterocycles. The van der Waals surface area contributed by atoms with E-state index in [0.717, 1.165) is 0 Å². The van der Waals surface area contributed by atoms with Crippen LogP contribution in [0.5, 0.6) is 0 Å². The van der Waals surface area contributed by atoms with Crippen LogP contribution >= 0.6 is 0 Å². The lowest BCUT2D eigenvalue weighted by atomic mass is 10.3. The van der Waals surface area contributed by atoms with Crippen molar-refractivity contribution in [2.75, 3.05) is 0 Å². The number of carbonyl (C=O) groups excluding carboxylic acids is 1. The molecule has 0 saturated carbocycles. The summed E-state index contributed by atoms with van der Waals surface area (Å²) in [6.07, 6.45) is 1.57. The fraction of sp³-hybridized carbons (Fsp3) is 0.667. The van der Waals surface area contributed by atoms with Crippen molar-refractivity contribution in [1.82, 2.24) is 0 Å². The summed E-state index contributed by atoms with van der Waals surface area (Å²) < 4.78 is 0. The van der Waals surface area contributed by atoms with Gasteiger partial charge >= 0.3 is 5.97 Å². The second kappa shape index (κ2) is 4.06. The van der Waals surface area contributed by atoms with Crippen molar-refractivity contribution < 1.29 is 9.63 Å². The van der Waals surface area contributed by atoms with Crippen LogP contribution in [-0.4, -0.2) is 12.2 Å². The smallest absolute Gasteiger partial charge is 0.319 e. The average Bonchev–Trinajstić information content (AvgIpc) is 1.63. The first-order valence-corrected chi connectivity index (χ1v) is 2.84. The van der Waals surface area contributed by atoms with Crippen LogP contribution in [-0.2, 0) is 9.63 Å². The van der Waals surface area contributed by atoms with E-state index in [1.54, 1.807) is 6.21 Å². The minimum absolute atomic E-state index is 0.323. The van der Waals surface area contributed by atoms with E-state index in [4.69, 9.17) is 0 Å². The molecule has 0 rings (SSSR count). The summed E-state index contributed by atoms with van der Waals surface area (Å²) in [7, 11) is 0. The van der Waals surface area contributed by atoms with Gasteiger partial charge in [-0.15, -0.1) is 0 Å². The second-order valence-corrected chi connectivity index (χ2v) is 2.08. The standard InChI is InChI=1S/C6H11NO2/c1-5(2)4-7-9-6(3)8/h4-5H,1-3H3/b7-4+. The zero-order chi connectivity index (χ0) is 7.28. The second-order valence-electron chi connectivity index (χ2n) is 2.08. The van der Waals surface area contributed by atoms with E-state index in [9.17, 15) is 4.79 Å². The molecule has 3 nitrogen and oxygen atoms in total. The molecule has 0 aliphatic carbocycles. The molecule has 0 spiro atoms. The molecular formula is C6H11NO2. The van der Waals surface area contributed by atoms with Crippen LogP contribution in [0.25, 0.3) is 0 Å². The van der Waals surface area contributed by atoms with E-state index in [0.29, 0.717) is 5.92 Å². The van der Waals surface area contributed by atoms with E-state index >= 15 is 0 Å². The van der Waals surface area contributed by atoms with Gasteiger partial charge in [0.2, 0.25) is 0 Å². The fourth-order valence-corrected chi connectivity index (χ4v) is 0.226. The average molecular weight is 129 g/mol. The number of hydrogen-bond donors (Lipinski definition) is 0. The van der Waals surface area contributed by atoms with Crippen LogP contribution < -0.4 is 0 Å². The van der Waals surface area contributed by atoms with Crippen molar-refractivity contribution in [3.05, 3.63) is 0 Å². The molecule has 0 heterocycles. The molecule has 52 valence electrons. The zero-order valence-corrected chi connectivity index (χ0v) is 5.92. The molecule has 0 unspecified atom stereocenters. The lowest BCUT2D eigenvalue weighted by Gasteiger charge is -1.91. The summed E-state index contributed by atoms with van der Waals surface area (Å²) in [5.74, 6) is -0.0590. The molecule has 0 radical (unpaired) electrons. The fourth-order valence-electron chi connectivity index (χ4n) is 0.226. The molecule has 3 heteroatoms. The normalized spacial score (nSPS) is 10.7. The number of hydrogen-bond acceptors (Lipinski definition) is 3. The molecule has 0 aromatic carbocycles. The van der Waals surface area contributed by atoms with Crippen molar-refractivity contribution in [1.29, 1.82) is 0 Å². The van der Waals surface area contributed by atoms with Crippen LogP contribution in [0.2, 0.25) is 0 Å². The first kappa shape index (κ1) is 8.14. The van der Waals surface area contributed by atoms with Crippen molar-refractivity contribution in [2.45, 2.75) is 20.8 Å². The van der Waals surface area contributed by atoms with E-state index in [-0.39, 0.29) is 5.97 Å². The maximum atomic E-state index is 10.1. The van der Waals surface area contributed by atoms with E-state index in [2.05, 4.69) is 9.99 Å². The highest BCUT2D eigenvalue weighted by molar-refractivity contribution is 5.67. The lowest BCUT2D eigenvalue weighted by Crippen LogP contribution is -1.94. The maximum Gasteiger partial charge on any atom is 0.331 e. The Kier molecular flexibility index (Phi) is 3.67. The third kappa shape index (κ3) is 7.14. The van der Waals surface area contributed by atoms with Gasteiger partial charge in [-0.3, -0.25) is 0 Å². The van der Waals surface area contributed by atoms with Gasteiger partial charge in [-0.25, -0.2) is 4.79 Å². The predicted octanol–water partition coefficient (Wildman–Crippen LogP) is 1.19. The number of carbonyl (C=O) groups is 1. The van der Waals surface area contributed by atoms with Crippen LogP contribution in [0.4, 0.5) is 0 Å². The first-order valence-electron chi connectivity index (χ1n) is 2.84. The molecule has 0 aliphatic rings. The quantitative estimate of drug-likeness (QED) is 0.319. The summed E-state index contributed by atoms with van der Waals surface area (Å²) in [6, 6.07) is 0. The first-order chi connectivity index (χ1) is 4.13. The van der Waals surface area contributed by atoms with Gasteiger partial charge < -0.3 is 4.84 Å². The Morgan fingerprint density at radius 3 is 2.56 bits per heavy atom. The topological polar surface area (TPSA) is 38.7 Å². The Labute approximate surface area is 54.7 Å². The van der Waals surface area contributed by atoms with Crippen LogP contribution in [0.15, 0.2) is 5.16 Å². The highest BCUT2D eigenvalue weighted by atomic mass is 16.7. The minimum atomic E-state index is -0.382. The van der Waals surface area contributed by atoms with Crippen molar-refractivity contribution in [2.24, 2.45) is 11.1 Å². The van der Waals surface area contributed by atoms with Gasteiger partial charge in [0.05, 0.1) is 0 Å². The monoisotopic (exact) mass is 129 g/mol. The highest BCUT2D eigenvalue weighted by Crippen LogP contribution is 1.85.